The van der Waals surface area contributed by atoms with Gasteiger partial charge in [0.15, 0.2) is 0 Å². The summed E-state index contributed by atoms with van der Waals surface area (Å²) in [5.74, 6) is 3.65. The van der Waals surface area contributed by atoms with Crippen molar-refractivity contribution in [2.75, 3.05) is 43.0 Å². The topological polar surface area (TPSA) is 44.4 Å². The Morgan fingerprint density at radius 1 is 1.32 bits per heavy atom. The zero-order chi connectivity index (χ0) is 18.4. The fourth-order valence-electron chi connectivity index (χ4n) is 4.02. The average molecular weight is 449 g/mol. The van der Waals surface area contributed by atoms with Crippen LogP contribution in [0.2, 0.25) is 0 Å². The lowest BCUT2D eigenvalue weighted by atomic mass is 9.85. The first-order valence-electron chi connectivity index (χ1n) is 10.0. The first-order chi connectivity index (χ1) is 12.6. The first kappa shape index (κ1) is 25.6. The molecule has 0 bridgehead atoms. The van der Waals surface area contributed by atoms with Gasteiger partial charge >= 0.3 is 0 Å². The molecule has 3 rings (SSSR count). The Labute approximate surface area is 186 Å². The van der Waals surface area contributed by atoms with Crippen LogP contribution < -0.4 is 10.6 Å². The summed E-state index contributed by atoms with van der Waals surface area (Å²) in [7, 11) is 0. The Hall–Kier alpha value is -0.460. The van der Waals surface area contributed by atoms with Crippen molar-refractivity contribution in [3.8, 4) is 0 Å². The van der Waals surface area contributed by atoms with Gasteiger partial charge in [-0.2, -0.15) is 11.8 Å². The van der Waals surface area contributed by atoms with E-state index in [1.165, 1.54) is 35.5 Å². The highest BCUT2D eigenvalue weighted by Crippen LogP contribution is 2.25. The highest BCUT2D eigenvalue weighted by molar-refractivity contribution is 7.99. The highest BCUT2D eigenvalue weighted by atomic mass is 35.5. The maximum absolute atomic E-state index is 12.6. The van der Waals surface area contributed by atoms with E-state index in [9.17, 15) is 4.79 Å². The molecule has 2 aliphatic heterocycles. The number of thioether (sulfide) groups is 1. The summed E-state index contributed by atoms with van der Waals surface area (Å²) in [6.07, 6.45) is 3.08. The molecule has 0 saturated carbocycles. The molecule has 2 atom stereocenters. The maximum atomic E-state index is 12.6. The maximum Gasteiger partial charge on any atom is 0.224 e. The van der Waals surface area contributed by atoms with Gasteiger partial charge in [0.2, 0.25) is 5.91 Å². The third-order valence-corrected chi connectivity index (χ3v) is 6.81. The van der Waals surface area contributed by atoms with E-state index in [2.05, 4.69) is 41.5 Å². The first-order valence-corrected chi connectivity index (χ1v) is 11.2. The Morgan fingerprint density at radius 2 is 2.07 bits per heavy atom. The standard InChI is InChI=1S/C21H33N3OS.2ClH/c1-16(18-6-4-8-22-14-18)13-21(25)23-20-7-3-5-19(17(20)2)15-24-9-11-26-12-10-24;;/h3,5,7,16,18,22H,4,6,8-15H2,1-2H3,(H,23,25);2*1H. The molecule has 2 aliphatic rings. The SMILES string of the molecule is Cc1c(CN2CCSCC2)cccc1NC(=O)CC(C)C1CCCNC1.Cl.Cl. The van der Waals surface area contributed by atoms with Crippen LogP contribution in [0.15, 0.2) is 18.2 Å². The Morgan fingerprint density at radius 3 is 2.75 bits per heavy atom. The van der Waals surface area contributed by atoms with E-state index >= 15 is 0 Å². The van der Waals surface area contributed by atoms with Gasteiger partial charge in [-0.15, -0.1) is 24.8 Å². The van der Waals surface area contributed by atoms with E-state index in [4.69, 9.17) is 0 Å². The van der Waals surface area contributed by atoms with Crippen molar-refractivity contribution < 1.29 is 4.79 Å². The molecule has 0 radical (unpaired) electrons. The number of hydrogen-bond donors (Lipinski definition) is 2. The summed E-state index contributed by atoms with van der Waals surface area (Å²) in [5.41, 5.74) is 3.53. The fraction of sp³-hybridized carbons (Fsp3) is 0.667. The molecule has 0 aliphatic carbocycles. The van der Waals surface area contributed by atoms with Gasteiger partial charge in [-0.05, 0) is 61.9 Å². The lowest BCUT2D eigenvalue weighted by Crippen LogP contribution is -2.34. The number of nitrogens with one attached hydrogen (secondary N) is 2. The van der Waals surface area contributed by atoms with Gasteiger partial charge in [0.1, 0.15) is 0 Å². The average Bonchev–Trinajstić information content (AvgIpc) is 2.66. The van der Waals surface area contributed by atoms with E-state index in [0.717, 1.165) is 38.4 Å². The van der Waals surface area contributed by atoms with Crippen LogP contribution in [0.1, 0.15) is 37.3 Å². The van der Waals surface area contributed by atoms with Gasteiger partial charge in [0, 0.05) is 43.2 Å². The number of anilines is 1. The number of carbonyl (C=O) groups is 1. The van der Waals surface area contributed by atoms with Crippen molar-refractivity contribution in [2.24, 2.45) is 11.8 Å². The molecule has 1 amide bonds. The van der Waals surface area contributed by atoms with Crippen LogP contribution in [0.4, 0.5) is 5.69 Å². The Bertz CT molecular complexity index is 605. The van der Waals surface area contributed by atoms with Crippen LogP contribution in [-0.4, -0.2) is 48.5 Å². The summed E-state index contributed by atoms with van der Waals surface area (Å²) < 4.78 is 0. The molecule has 2 N–H and O–H groups in total. The quantitative estimate of drug-likeness (QED) is 0.679. The molecular weight excluding hydrogens is 413 g/mol. The van der Waals surface area contributed by atoms with Crippen LogP contribution in [0.25, 0.3) is 0 Å². The van der Waals surface area contributed by atoms with Crippen LogP contribution in [0.5, 0.6) is 0 Å². The number of carbonyl (C=O) groups excluding carboxylic acids is 1. The van der Waals surface area contributed by atoms with Gasteiger partial charge in [0.25, 0.3) is 0 Å². The van der Waals surface area contributed by atoms with Crippen molar-refractivity contribution in [2.45, 2.75) is 39.7 Å². The largest absolute Gasteiger partial charge is 0.326 e. The molecule has 28 heavy (non-hydrogen) atoms. The molecule has 0 spiro atoms. The van der Waals surface area contributed by atoms with E-state index < -0.39 is 0 Å². The summed E-state index contributed by atoms with van der Waals surface area (Å²) >= 11 is 2.04. The fourth-order valence-corrected chi connectivity index (χ4v) is 4.99. The van der Waals surface area contributed by atoms with Crippen molar-refractivity contribution in [1.29, 1.82) is 0 Å². The minimum Gasteiger partial charge on any atom is -0.326 e. The number of benzene rings is 1. The summed E-state index contributed by atoms with van der Waals surface area (Å²) in [5, 5.41) is 6.63. The molecule has 2 heterocycles. The molecule has 1 aromatic rings. The van der Waals surface area contributed by atoms with Crippen LogP contribution >= 0.6 is 36.6 Å². The van der Waals surface area contributed by atoms with Gasteiger partial charge < -0.3 is 10.6 Å². The van der Waals surface area contributed by atoms with E-state index in [1.54, 1.807) is 0 Å². The van der Waals surface area contributed by atoms with Crippen molar-refractivity contribution in [1.82, 2.24) is 10.2 Å². The monoisotopic (exact) mass is 447 g/mol. The second-order valence-electron chi connectivity index (χ2n) is 7.81. The number of amides is 1. The smallest absolute Gasteiger partial charge is 0.224 e. The minimum absolute atomic E-state index is 0. The lowest BCUT2D eigenvalue weighted by Gasteiger charge is -2.28. The number of hydrogen-bond acceptors (Lipinski definition) is 4. The second kappa shape index (κ2) is 13.0. The van der Waals surface area contributed by atoms with Crippen molar-refractivity contribution >= 4 is 48.2 Å². The summed E-state index contributed by atoms with van der Waals surface area (Å²) in [4.78, 5) is 15.1. The predicted octanol–water partition coefficient (Wildman–Crippen LogP) is 4.35. The molecule has 7 heteroatoms. The number of halogens is 2. The van der Waals surface area contributed by atoms with Crippen LogP contribution in [0.3, 0.4) is 0 Å². The van der Waals surface area contributed by atoms with E-state index in [1.807, 2.05) is 17.8 Å². The molecular formula is C21H35Cl2N3OS. The van der Waals surface area contributed by atoms with Crippen LogP contribution in [0, 0.1) is 18.8 Å². The third kappa shape index (κ3) is 7.42. The van der Waals surface area contributed by atoms with Gasteiger partial charge in [0.05, 0.1) is 0 Å². The molecule has 2 fully saturated rings. The molecule has 1 aromatic carbocycles. The molecule has 4 nitrogen and oxygen atoms in total. The number of rotatable bonds is 6. The molecule has 0 aromatic heterocycles. The van der Waals surface area contributed by atoms with E-state index in [0.29, 0.717) is 18.3 Å². The van der Waals surface area contributed by atoms with Gasteiger partial charge in [-0.25, -0.2) is 0 Å². The second-order valence-corrected chi connectivity index (χ2v) is 9.04. The number of nitrogens with zero attached hydrogens (tertiary/aromatic N) is 1. The zero-order valence-electron chi connectivity index (χ0n) is 17.0. The normalized spacial score (nSPS) is 21.1. The molecule has 2 unspecified atom stereocenters. The number of piperidine rings is 1. The zero-order valence-corrected chi connectivity index (χ0v) is 19.5. The lowest BCUT2D eigenvalue weighted by molar-refractivity contribution is -0.117. The van der Waals surface area contributed by atoms with Crippen LogP contribution in [-0.2, 0) is 11.3 Å². The summed E-state index contributed by atoms with van der Waals surface area (Å²) in [6.45, 7) is 9.84. The minimum atomic E-state index is 0. The van der Waals surface area contributed by atoms with Crippen molar-refractivity contribution in [3.05, 3.63) is 29.3 Å². The highest BCUT2D eigenvalue weighted by Gasteiger charge is 2.22. The third-order valence-electron chi connectivity index (χ3n) is 5.86. The summed E-state index contributed by atoms with van der Waals surface area (Å²) in [6, 6.07) is 6.31. The molecule has 2 saturated heterocycles. The Kier molecular flexibility index (Phi) is 11.8. The van der Waals surface area contributed by atoms with E-state index in [-0.39, 0.29) is 30.7 Å². The van der Waals surface area contributed by atoms with Gasteiger partial charge in [-0.1, -0.05) is 19.1 Å². The van der Waals surface area contributed by atoms with Crippen molar-refractivity contribution in [3.63, 3.8) is 0 Å². The Balaban J connectivity index is 0.00000196. The predicted molar refractivity (Wildman–Crippen MR) is 126 cm³/mol. The molecule has 160 valence electrons. The van der Waals surface area contributed by atoms with Gasteiger partial charge in [-0.3, -0.25) is 9.69 Å².